The molecule has 5 heterocycles. The van der Waals surface area contributed by atoms with E-state index in [2.05, 4.69) is 124 Å². The van der Waals surface area contributed by atoms with Gasteiger partial charge in [0.05, 0.1) is 44.3 Å². The molecule has 0 N–H and O–H groups in total. The van der Waals surface area contributed by atoms with E-state index in [-0.39, 0.29) is 0 Å². The molecule has 7 nitrogen and oxygen atoms in total. The van der Waals surface area contributed by atoms with Gasteiger partial charge >= 0.3 is 0 Å². The van der Waals surface area contributed by atoms with Crippen LogP contribution in [0.1, 0.15) is 5.56 Å². The van der Waals surface area contributed by atoms with Gasteiger partial charge in [0, 0.05) is 63.9 Å². The van der Waals surface area contributed by atoms with Gasteiger partial charge < -0.3 is 13.6 Å². The van der Waals surface area contributed by atoms with Gasteiger partial charge in [-0.15, -0.1) is 11.3 Å². The molecule has 0 atom stereocenters. The number of rotatable bonds is 5. The van der Waals surface area contributed by atoms with E-state index in [0.29, 0.717) is 39.8 Å². The number of thiophene rings is 1. The van der Waals surface area contributed by atoms with E-state index in [1.807, 2.05) is 96.3 Å². The van der Waals surface area contributed by atoms with E-state index in [4.69, 9.17) is 19.4 Å². The van der Waals surface area contributed by atoms with Crippen LogP contribution in [0.5, 0.6) is 0 Å². The molecule has 0 spiro atoms. The van der Waals surface area contributed by atoms with Gasteiger partial charge in [0.1, 0.15) is 17.2 Å². The lowest BCUT2D eigenvalue weighted by molar-refractivity contribution is 0.669. The van der Waals surface area contributed by atoms with E-state index >= 15 is 0 Å². The summed E-state index contributed by atoms with van der Waals surface area (Å²) >= 11 is 1.84. The molecule has 306 valence electrons. The van der Waals surface area contributed by atoms with Gasteiger partial charge in [-0.05, 0) is 42.5 Å². The minimum absolute atomic E-state index is 0.359. The van der Waals surface area contributed by atoms with Gasteiger partial charge in [-0.2, -0.15) is 5.26 Å². The highest BCUT2D eigenvalue weighted by Crippen LogP contribution is 2.52. The van der Waals surface area contributed by atoms with Crippen LogP contribution in [-0.4, -0.2) is 24.1 Å². The second-order valence-corrected chi connectivity index (χ2v) is 17.6. The molecule has 0 radical (unpaired) electrons. The van der Waals surface area contributed by atoms with Crippen molar-refractivity contribution in [3.8, 4) is 51.6 Å². The van der Waals surface area contributed by atoms with Crippen molar-refractivity contribution in [3.05, 3.63) is 200 Å². The molecular formula is C58H32N6OS. The smallest absolute Gasteiger partial charge is 0.169 e. The van der Waals surface area contributed by atoms with E-state index in [9.17, 15) is 5.26 Å². The number of hydrogen-bond donors (Lipinski definition) is 0. The van der Waals surface area contributed by atoms with Crippen molar-refractivity contribution in [2.75, 3.05) is 0 Å². The highest BCUT2D eigenvalue weighted by Gasteiger charge is 2.30. The van der Waals surface area contributed by atoms with Gasteiger partial charge in [-0.3, -0.25) is 0 Å². The fraction of sp³-hybridized carbons (Fsp3) is 0. The largest absolute Gasteiger partial charge is 0.455 e. The van der Waals surface area contributed by atoms with Crippen LogP contribution in [0.25, 0.3) is 131 Å². The lowest BCUT2D eigenvalue weighted by atomic mass is 9.99. The normalized spacial score (nSPS) is 11.9. The third-order valence-corrected chi connectivity index (χ3v) is 14.2. The zero-order valence-electron chi connectivity index (χ0n) is 35.0. The summed E-state index contributed by atoms with van der Waals surface area (Å²) in [4.78, 5) is 15.3. The Morgan fingerprint density at radius 2 is 0.985 bits per heavy atom. The second kappa shape index (κ2) is 14.1. The van der Waals surface area contributed by atoms with Gasteiger partial charge in [-0.25, -0.2) is 15.0 Å². The molecule has 0 saturated carbocycles. The predicted octanol–water partition coefficient (Wildman–Crippen LogP) is 15.2. The Bertz CT molecular complexity index is 4290. The Morgan fingerprint density at radius 1 is 0.470 bits per heavy atom. The Kier molecular flexibility index (Phi) is 7.79. The first kappa shape index (κ1) is 36.6. The standard InChI is InChI=1S/C58H32N6OS/c59-33-36-32-44(48-40-26-12-16-30-45(40)65-54(48)47(36)58-61-56(34-18-4-1-5-19-34)60-57(62-58)35-20-6-2-7-21-35)64-43-29-15-11-25-39(43)50-53(64)49-38-24-10-14-28-42(38)63(37-22-8-3-9-23-37)52(49)51-41-27-13-17-31-46(41)66-55(50)51/h1-32H. The van der Waals surface area contributed by atoms with Crippen molar-refractivity contribution in [1.82, 2.24) is 24.1 Å². The van der Waals surface area contributed by atoms with Crippen molar-refractivity contribution in [1.29, 1.82) is 5.26 Å². The maximum atomic E-state index is 11.4. The van der Waals surface area contributed by atoms with Gasteiger partial charge in [-0.1, -0.05) is 152 Å². The zero-order valence-corrected chi connectivity index (χ0v) is 35.8. The van der Waals surface area contributed by atoms with Gasteiger partial charge in [0.2, 0.25) is 0 Å². The summed E-state index contributed by atoms with van der Waals surface area (Å²) in [7, 11) is 0. The summed E-state index contributed by atoms with van der Waals surface area (Å²) in [5, 5.41) is 20.2. The molecule has 14 rings (SSSR count). The van der Waals surface area contributed by atoms with Gasteiger partial charge in [0.15, 0.2) is 17.5 Å². The zero-order chi connectivity index (χ0) is 43.5. The minimum Gasteiger partial charge on any atom is -0.455 e. The Hall–Kier alpha value is -8.90. The van der Waals surface area contributed by atoms with Crippen molar-refractivity contribution in [2.45, 2.75) is 0 Å². The van der Waals surface area contributed by atoms with Gasteiger partial charge in [0.25, 0.3) is 0 Å². The van der Waals surface area contributed by atoms with E-state index in [1.54, 1.807) is 0 Å². The van der Waals surface area contributed by atoms with E-state index < -0.39 is 0 Å². The molecule has 0 aliphatic carbocycles. The third-order valence-electron chi connectivity index (χ3n) is 13.0. The number of para-hydroxylation sites is 4. The molecule has 14 aromatic rings. The first-order valence-corrected chi connectivity index (χ1v) is 22.7. The Balaban J connectivity index is 1.19. The molecule has 0 saturated heterocycles. The molecule has 5 aromatic heterocycles. The first-order valence-electron chi connectivity index (χ1n) is 21.8. The van der Waals surface area contributed by atoms with Crippen LogP contribution in [0.4, 0.5) is 0 Å². The molecule has 9 aromatic carbocycles. The van der Waals surface area contributed by atoms with Crippen LogP contribution < -0.4 is 0 Å². The monoisotopic (exact) mass is 860 g/mol. The van der Waals surface area contributed by atoms with Crippen LogP contribution in [0.2, 0.25) is 0 Å². The number of fused-ring (bicyclic) bond motifs is 15. The van der Waals surface area contributed by atoms with Crippen molar-refractivity contribution < 1.29 is 4.42 Å². The molecule has 8 heteroatoms. The second-order valence-electron chi connectivity index (χ2n) is 16.6. The van der Waals surface area contributed by atoms with Crippen LogP contribution in [0, 0.1) is 11.3 Å². The van der Waals surface area contributed by atoms with Crippen LogP contribution in [0.15, 0.2) is 199 Å². The topological polar surface area (TPSA) is 85.5 Å². The molecule has 0 aliphatic heterocycles. The SMILES string of the molecule is N#Cc1cc(-n2c3ccccc3c3c4sc5ccccc5c4c4c(c5ccccc5n4-c4ccccc4)c32)c2c(oc3ccccc32)c1-c1nc(-c2ccccc2)nc(-c2ccccc2)n1. The van der Waals surface area contributed by atoms with Crippen molar-refractivity contribution in [2.24, 2.45) is 0 Å². The van der Waals surface area contributed by atoms with E-state index in [0.717, 1.165) is 71.5 Å². The number of nitrogens with zero attached hydrogens (tertiary/aromatic N) is 6. The molecule has 0 aliphatic rings. The average molecular weight is 861 g/mol. The maximum absolute atomic E-state index is 11.4. The highest BCUT2D eigenvalue weighted by atomic mass is 32.1. The molecule has 0 unspecified atom stereocenters. The number of nitriles is 1. The molecule has 0 fully saturated rings. The fourth-order valence-corrected chi connectivity index (χ4v) is 11.5. The Labute approximate surface area is 380 Å². The lowest BCUT2D eigenvalue weighted by Gasteiger charge is -2.15. The van der Waals surface area contributed by atoms with Crippen LogP contribution >= 0.6 is 11.3 Å². The summed E-state index contributed by atoms with van der Waals surface area (Å²) in [6, 6.07) is 69.4. The molecule has 0 bridgehead atoms. The number of furan rings is 1. The summed E-state index contributed by atoms with van der Waals surface area (Å²) in [6.45, 7) is 0. The summed E-state index contributed by atoms with van der Waals surface area (Å²) in [5.74, 6) is 1.37. The number of hydrogen-bond acceptors (Lipinski definition) is 6. The summed E-state index contributed by atoms with van der Waals surface area (Å²) in [6.07, 6.45) is 0. The highest BCUT2D eigenvalue weighted by molar-refractivity contribution is 7.27. The van der Waals surface area contributed by atoms with Crippen molar-refractivity contribution in [3.63, 3.8) is 0 Å². The van der Waals surface area contributed by atoms with Crippen LogP contribution in [0.3, 0.4) is 0 Å². The summed E-state index contributed by atoms with van der Waals surface area (Å²) in [5.41, 5.74) is 10.1. The summed E-state index contributed by atoms with van der Waals surface area (Å²) < 4.78 is 14.3. The average Bonchev–Trinajstić information content (AvgIpc) is 4.15. The van der Waals surface area contributed by atoms with Crippen molar-refractivity contribution >= 4 is 97.1 Å². The quantitative estimate of drug-likeness (QED) is 0.172. The van der Waals surface area contributed by atoms with E-state index in [1.165, 1.54) is 25.6 Å². The first-order chi connectivity index (χ1) is 32.7. The fourth-order valence-electron chi connectivity index (χ4n) is 10.3. The maximum Gasteiger partial charge on any atom is 0.169 e. The Morgan fingerprint density at radius 3 is 1.67 bits per heavy atom. The molecule has 0 amide bonds. The predicted molar refractivity (Wildman–Crippen MR) is 270 cm³/mol. The lowest BCUT2D eigenvalue weighted by Crippen LogP contribution is -2.03. The van der Waals surface area contributed by atoms with Crippen LogP contribution in [-0.2, 0) is 0 Å². The molecular weight excluding hydrogens is 829 g/mol. The number of benzene rings is 9. The third kappa shape index (κ3) is 5.14. The molecule has 66 heavy (non-hydrogen) atoms. The minimum atomic E-state index is 0.359. The number of aromatic nitrogens is 5.